The lowest BCUT2D eigenvalue weighted by Crippen LogP contribution is -2.19. The van der Waals surface area contributed by atoms with Gasteiger partial charge in [0.05, 0.1) is 4.92 Å². The smallest absolute Gasteiger partial charge is 0.269 e. The zero-order valence-corrected chi connectivity index (χ0v) is 11.9. The molecule has 0 aliphatic rings. The van der Waals surface area contributed by atoms with Crippen LogP contribution in [0.3, 0.4) is 0 Å². The molecular weight excluding hydrogens is 271 g/mol. The molecule has 1 atom stereocenters. The van der Waals surface area contributed by atoms with Crippen LogP contribution in [-0.2, 0) is 9.05 Å². The monoisotopic (exact) mass is 288 g/mol. The fraction of sp³-hybridized carbons (Fsp3) is 0.455. The van der Waals surface area contributed by atoms with Crippen LogP contribution >= 0.6 is 8.53 Å². The number of hydrogen-bond donors (Lipinski definition) is 1. The van der Waals surface area contributed by atoms with Crippen LogP contribution in [0, 0.1) is 10.1 Å². The molecule has 0 aliphatic carbocycles. The van der Waals surface area contributed by atoms with Crippen LogP contribution in [0.4, 0.5) is 5.69 Å². The standard InChI is InChI=1S/C11H17N2O5P/c1-9(2)12-19(16-3)18-8-17-11-6-4-10(5-7-11)13(14)15/h4-7,9,12H,8H2,1-3H3. The molecule has 1 aromatic rings. The summed E-state index contributed by atoms with van der Waals surface area (Å²) in [5.41, 5.74) is 0.0221. The molecule has 7 nitrogen and oxygen atoms in total. The van der Waals surface area contributed by atoms with E-state index in [0.717, 1.165) is 0 Å². The van der Waals surface area contributed by atoms with Gasteiger partial charge in [-0.1, -0.05) is 0 Å². The average Bonchev–Trinajstić information content (AvgIpc) is 2.37. The molecule has 0 saturated carbocycles. The molecule has 1 rings (SSSR count). The summed E-state index contributed by atoms with van der Waals surface area (Å²) in [7, 11) is 0.355. The quantitative estimate of drug-likeness (QED) is 0.343. The van der Waals surface area contributed by atoms with Gasteiger partial charge in [0.15, 0.2) is 6.79 Å². The molecule has 1 N–H and O–H groups in total. The molecule has 0 radical (unpaired) electrons. The van der Waals surface area contributed by atoms with E-state index >= 15 is 0 Å². The third-order valence-electron chi connectivity index (χ3n) is 1.97. The highest BCUT2D eigenvalue weighted by Gasteiger charge is 2.10. The third-order valence-corrected chi connectivity index (χ3v) is 3.37. The van der Waals surface area contributed by atoms with Gasteiger partial charge in [0.2, 0.25) is 0 Å². The summed E-state index contributed by atoms with van der Waals surface area (Å²) in [5.74, 6) is 0.501. The Bertz CT molecular complexity index is 399. The maximum atomic E-state index is 10.5. The van der Waals surface area contributed by atoms with Gasteiger partial charge in [-0.3, -0.25) is 14.6 Å². The number of nitro benzene ring substituents is 1. The topological polar surface area (TPSA) is 82.9 Å². The number of non-ortho nitro benzene ring substituents is 1. The van der Waals surface area contributed by atoms with E-state index in [1.807, 2.05) is 13.8 Å². The van der Waals surface area contributed by atoms with Crippen molar-refractivity contribution in [3.8, 4) is 5.75 Å². The van der Waals surface area contributed by atoms with E-state index in [0.29, 0.717) is 5.75 Å². The minimum absolute atomic E-state index is 0.0110. The van der Waals surface area contributed by atoms with Gasteiger partial charge >= 0.3 is 0 Å². The first kappa shape index (κ1) is 15.8. The zero-order valence-electron chi connectivity index (χ0n) is 11.0. The fourth-order valence-electron chi connectivity index (χ4n) is 1.16. The second kappa shape index (κ2) is 8.01. The molecule has 0 amide bonds. The van der Waals surface area contributed by atoms with Gasteiger partial charge < -0.3 is 9.26 Å². The molecule has 19 heavy (non-hydrogen) atoms. The first-order valence-electron chi connectivity index (χ1n) is 5.63. The highest BCUT2D eigenvalue weighted by molar-refractivity contribution is 7.44. The van der Waals surface area contributed by atoms with E-state index in [9.17, 15) is 10.1 Å². The Hall–Kier alpha value is -1.27. The summed E-state index contributed by atoms with van der Waals surface area (Å²) in [5, 5.41) is 13.6. The molecule has 0 fully saturated rings. The van der Waals surface area contributed by atoms with E-state index in [-0.39, 0.29) is 18.5 Å². The van der Waals surface area contributed by atoms with E-state index in [2.05, 4.69) is 5.09 Å². The first-order chi connectivity index (χ1) is 9.02. The van der Waals surface area contributed by atoms with E-state index < -0.39 is 13.4 Å². The molecule has 0 spiro atoms. The SMILES string of the molecule is COP(NC(C)C)OCOc1ccc([N+](=O)[O-])cc1. The van der Waals surface area contributed by atoms with E-state index in [1.54, 1.807) is 7.11 Å². The van der Waals surface area contributed by atoms with Crippen LogP contribution in [0.2, 0.25) is 0 Å². The molecule has 0 aromatic heterocycles. The largest absolute Gasteiger partial charge is 0.467 e. The summed E-state index contributed by atoms with van der Waals surface area (Å²) in [4.78, 5) is 10.0. The fourth-order valence-corrected chi connectivity index (χ4v) is 2.02. The predicted molar refractivity (Wildman–Crippen MR) is 71.9 cm³/mol. The average molecular weight is 288 g/mol. The number of hydrogen-bond acceptors (Lipinski definition) is 6. The van der Waals surface area contributed by atoms with Crippen molar-refractivity contribution in [2.75, 3.05) is 13.9 Å². The lowest BCUT2D eigenvalue weighted by Gasteiger charge is -2.18. The van der Waals surface area contributed by atoms with Crippen molar-refractivity contribution in [2.45, 2.75) is 19.9 Å². The van der Waals surface area contributed by atoms with Crippen molar-refractivity contribution in [3.63, 3.8) is 0 Å². The van der Waals surface area contributed by atoms with Crippen molar-refractivity contribution >= 4 is 14.2 Å². The zero-order chi connectivity index (χ0) is 14.3. The summed E-state index contributed by atoms with van der Waals surface area (Å²) in [6, 6.07) is 6.03. The van der Waals surface area contributed by atoms with Crippen LogP contribution in [0.5, 0.6) is 5.75 Å². The van der Waals surface area contributed by atoms with Gasteiger partial charge in [0, 0.05) is 25.3 Å². The Morgan fingerprint density at radius 2 is 2.00 bits per heavy atom. The van der Waals surface area contributed by atoms with Gasteiger partial charge in [-0.05, 0) is 26.0 Å². The number of benzene rings is 1. The minimum Gasteiger partial charge on any atom is -0.467 e. The summed E-state index contributed by atoms with van der Waals surface area (Å²) in [6.07, 6.45) is 0. The Labute approximate surface area is 113 Å². The lowest BCUT2D eigenvalue weighted by atomic mass is 10.3. The van der Waals surface area contributed by atoms with Crippen molar-refractivity contribution in [2.24, 2.45) is 0 Å². The number of rotatable bonds is 8. The van der Waals surface area contributed by atoms with Crippen LogP contribution < -0.4 is 9.82 Å². The molecule has 0 bridgehead atoms. The van der Waals surface area contributed by atoms with Crippen molar-refractivity contribution < 1.29 is 18.7 Å². The first-order valence-corrected chi connectivity index (χ1v) is 6.81. The molecule has 0 saturated heterocycles. The van der Waals surface area contributed by atoms with Crippen LogP contribution in [0.15, 0.2) is 24.3 Å². The molecule has 1 unspecified atom stereocenters. The lowest BCUT2D eigenvalue weighted by molar-refractivity contribution is -0.384. The van der Waals surface area contributed by atoms with Gasteiger partial charge in [0.1, 0.15) is 5.75 Å². The van der Waals surface area contributed by atoms with E-state index in [4.69, 9.17) is 13.8 Å². The third kappa shape index (κ3) is 5.94. The number of nitrogens with zero attached hydrogens (tertiary/aromatic N) is 1. The number of nitro groups is 1. The normalized spacial score (nSPS) is 12.4. The molecular formula is C11H17N2O5P. The summed E-state index contributed by atoms with van der Waals surface area (Å²) in [6.45, 7) is 3.97. The Kier molecular flexibility index (Phi) is 6.66. The van der Waals surface area contributed by atoms with Crippen molar-refractivity contribution in [1.29, 1.82) is 0 Å². The number of nitrogens with one attached hydrogen (secondary N) is 1. The van der Waals surface area contributed by atoms with Gasteiger partial charge in [-0.2, -0.15) is 0 Å². The van der Waals surface area contributed by atoms with Crippen LogP contribution in [-0.4, -0.2) is 24.9 Å². The number of ether oxygens (including phenoxy) is 1. The highest BCUT2D eigenvalue weighted by Crippen LogP contribution is 2.32. The van der Waals surface area contributed by atoms with Crippen LogP contribution in [0.1, 0.15) is 13.8 Å². The van der Waals surface area contributed by atoms with Gasteiger partial charge in [-0.25, -0.2) is 5.09 Å². The minimum atomic E-state index is -1.19. The maximum absolute atomic E-state index is 10.5. The summed E-state index contributed by atoms with van der Waals surface area (Å²) >= 11 is 0. The summed E-state index contributed by atoms with van der Waals surface area (Å²) < 4.78 is 15.8. The Balaban J connectivity index is 2.37. The molecule has 106 valence electrons. The van der Waals surface area contributed by atoms with Crippen LogP contribution in [0.25, 0.3) is 0 Å². The van der Waals surface area contributed by atoms with Crippen molar-refractivity contribution in [3.05, 3.63) is 34.4 Å². The highest BCUT2D eigenvalue weighted by atomic mass is 31.2. The molecule has 0 aliphatic heterocycles. The Morgan fingerprint density at radius 1 is 1.37 bits per heavy atom. The van der Waals surface area contributed by atoms with E-state index in [1.165, 1.54) is 24.3 Å². The molecule has 0 heterocycles. The second-order valence-electron chi connectivity index (χ2n) is 3.87. The Morgan fingerprint density at radius 3 is 2.47 bits per heavy atom. The second-order valence-corrected chi connectivity index (χ2v) is 5.26. The van der Waals surface area contributed by atoms with Crippen molar-refractivity contribution in [1.82, 2.24) is 5.09 Å². The predicted octanol–water partition coefficient (Wildman–Crippen LogP) is 2.82. The van der Waals surface area contributed by atoms with Gasteiger partial charge in [0.25, 0.3) is 14.2 Å². The maximum Gasteiger partial charge on any atom is 0.269 e. The van der Waals surface area contributed by atoms with Gasteiger partial charge in [-0.15, -0.1) is 0 Å². The molecule has 1 aromatic carbocycles. The molecule has 8 heteroatoms.